The Labute approximate surface area is 147 Å². The van der Waals surface area contributed by atoms with Crippen LogP contribution >= 0.6 is 0 Å². The first-order valence-corrected chi connectivity index (χ1v) is 7.70. The summed E-state index contributed by atoms with van der Waals surface area (Å²) in [6.07, 6.45) is -2.71. The highest BCUT2D eigenvalue weighted by atomic mass is 19.4. The molecule has 1 aliphatic rings. The van der Waals surface area contributed by atoms with Gasteiger partial charge in [-0.1, -0.05) is 6.07 Å². The van der Waals surface area contributed by atoms with E-state index >= 15 is 0 Å². The second kappa shape index (κ2) is 8.22. The lowest BCUT2D eigenvalue weighted by Crippen LogP contribution is -2.50. The zero-order chi connectivity index (χ0) is 19.3. The summed E-state index contributed by atoms with van der Waals surface area (Å²) in [5.41, 5.74) is 0.976. The molecule has 3 rings (SSSR count). The minimum Gasteiger partial charge on any atom is -0.485 e. The number of nitrogens with zero attached hydrogens (tertiary/aromatic N) is 2. The van der Waals surface area contributed by atoms with E-state index in [4.69, 9.17) is 4.74 Å². The number of carbonyl (C=O) groups is 1. The molecule has 2 heterocycles. The molecular weight excluding hydrogens is 354 g/mol. The molecule has 1 aromatic heterocycles. The Morgan fingerprint density at radius 2 is 1.85 bits per heavy atom. The van der Waals surface area contributed by atoms with Crippen LogP contribution in [0.25, 0.3) is 0 Å². The number of rotatable bonds is 3. The number of nitrogens with one attached hydrogen (secondary N) is 1. The predicted molar refractivity (Wildman–Crippen MR) is 85.5 cm³/mol. The van der Waals surface area contributed by atoms with Crippen molar-refractivity contribution >= 4 is 5.78 Å². The number of aromatic nitrogens is 2. The molecule has 0 saturated carbocycles. The molecule has 26 heavy (non-hydrogen) atoms. The van der Waals surface area contributed by atoms with Gasteiger partial charge in [0.05, 0.1) is 5.56 Å². The van der Waals surface area contributed by atoms with Crippen molar-refractivity contribution in [2.45, 2.75) is 26.1 Å². The highest BCUT2D eigenvalue weighted by molar-refractivity contribution is 5.93. The van der Waals surface area contributed by atoms with Crippen molar-refractivity contribution in [3.8, 4) is 5.75 Å². The van der Waals surface area contributed by atoms with E-state index in [1.165, 1.54) is 13.0 Å². The highest BCUT2D eigenvalue weighted by Crippen LogP contribution is 2.25. The quantitative estimate of drug-likeness (QED) is 0.663. The lowest BCUT2D eigenvalue weighted by atomic mass is 10.2. The van der Waals surface area contributed by atoms with Crippen molar-refractivity contribution in [1.82, 2.24) is 15.3 Å². The minimum atomic E-state index is -4.56. The average molecular weight is 371 g/mol. The van der Waals surface area contributed by atoms with E-state index < -0.39 is 12.0 Å². The van der Waals surface area contributed by atoms with Crippen LogP contribution < -0.4 is 10.1 Å². The fourth-order valence-electron chi connectivity index (χ4n) is 1.88. The van der Waals surface area contributed by atoms with Crippen molar-refractivity contribution in [3.63, 3.8) is 0 Å². The third kappa shape index (κ3) is 5.48. The molecule has 0 atom stereocenters. The average Bonchev–Trinajstić information content (AvgIpc) is 2.52. The van der Waals surface area contributed by atoms with Crippen molar-refractivity contribution < 1.29 is 27.1 Å². The van der Waals surface area contributed by atoms with Crippen LogP contribution in [0.5, 0.6) is 5.75 Å². The van der Waals surface area contributed by atoms with Gasteiger partial charge in [-0.15, -0.1) is 0 Å². The minimum absolute atomic E-state index is 0.0630. The molecule has 5 nitrogen and oxygen atoms in total. The molecule has 0 amide bonds. The molecule has 9 heteroatoms. The number of aryl methyl sites for hydroxylation is 1. The number of ether oxygens (including phenoxy) is 1. The van der Waals surface area contributed by atoms with E-state index in [0.717, 1.165) is 31.0 Å². The van der Waals surface area contributed by atoms with Crippen molar-refractivity contribution in [1.29, 1.82) is 0 Å². The molecule has 1 aromatic carbocycles. The monoisotopic (exact) mass is 371 g/mol. The molecule has 0 bridgehead atoms. The summed E-state index contributed by atoms with van der Waals surface area (Å²) in [6, 6.07) is 5.02. The van der Waals surface area contributed by atoms with Gasteiger partial charge in [-0.25, -0.2) is 14.4 Å². The zero-order valence-corrected chi connectivity index (χ0v) is 14.1. The molecule has 1 aliphatic heterocycles. The topological polar surface area (TPSA) is 64.1 Å². The Morgan fingerprint density at radius 3 is 2.27 bits per heavy atom. The number of Topliss-reactive ketones (excluding diaryl/α,β-unsaturated/α-hetero) is 1. The van der Waals surface area contributed by atoms with E-state index in [-0.39, 0.29) is 23.3 Å². The van der Waals surface area contributed by atoms with Gasteiger partial charge in [0, 0.05) is 25.5 Å². The third-order valence-electron chi connectivity index (χ3n) is 3.44. The summed E-state index contributed by atoms with van der Waals surface area (Å²) in [4.78, 5) is 16.7. The molecule has 140 valence electrons. The van der Waals surface area contributed by atoms with Gasteiger partial charge < -0.3 is 10.1 Å². The first-order valence-electron chi connectivity index (χ1n) is 7.70. The van der Waals surface area contributed by atoms with Gasteiger partial charge in [0.1, 0.15) is 6.10 Å². The highest BCUT2D eigenvalue weighted by Gasteiger charge is 2.34. The largest absolute Gasteiger partial charge is 0.485 e. The molecule has 2 aromatic rings. The molecule has 0 radical (unpaired) electrons. The van der Waals surface area contributed by atoms with E-state index in [1.54, 1.807) is 6.07 Å². The molecule has 0 aliphatic carbocycles. The van der Waals surface area contributed by atoms with Crippen molar-refractivity contribution in [3.05, 3.63) is 53.4 Å². The normalized spacial score (nSPS) is 14.1. The van der Waals surface area contributed by atoms with E-state index in [9.17, 15) is 22.4 Å². The Bertz CT molecular complexity index is 760. The smallest absolute Gasteiger partial charge is 0.451 e. The van der Waals surface area contributed by atoms with Crippen LogP contribution in [0.4, 0.5) is 17.6 Å². The Kier molecular flexibility index (Phi) is 6.25. The summed E-state index contributed by atoms with van der Waals surface area (Å²) < 4.78 is 54.4. The Hall–Kier alpha value is -2.55. The fourth-order valence-corrected chi connectivity index (χ4v) is 1.88. The fraction of sp³-hybridized carbons (Fsp3) is 0.353. The standard InChI is InChI=1S/C10H12FNO.C7H5F3N2O/c1-7-2-3-10(9(11)4-7)13-8-5-12-6-8;1-4(13)5-2-11-6(12-3-5)7(8,9)10/h2-4,8,12H,5-6H2,1H3;2-3H,1H3. The lowest BCUT2D eigenvalue weighted by molar-refractivity contribution is -0.145. The predicted octanol–water partition coefficient (Wildman–Crippen LogP) is 3.18. The van der Waals surface area contributed by atoms with Gasteiger partial charge in [-0.2, -0.15) is 13.2 Å². The van der Waals surface area contributed by atoms with Gasteiger partial charge in [-0.05, 0) is 31.5 Å². The van der Waals surface area contributed by atoms with E-state index in [2.05, 4.69) is 15.3 Å². The molecule has 1 fully saturated rings. The summed E-state index contributed by atoms with van der Waals surface area (Å²) in [5, 5.41) is 3.06. The molecule has 1 N–H and O–H groups in total. The van der Waals surface area contributed by atoms with Crippen LogP contribution in [-0.4, -0.2) is 34.9 Å². The van der Waals surface area contributed by atoms with Crippen LogP contribution in [0.1, 0.15) is 28.7 Å². The van der Waals surface area contributed by atoms with Crippen LogP contribution in [-0.2, 0) is 6.18 Å². The van der Waals surface area contributed by atoms with Crippen LogP contribution in [0, 0.1) is 12.7 Å². The van der Waals surface area contributed by atoms with E-state index in [0.29, 0.717) is 5.75 Å². The summed E-state index contributed by atoms with van der Waals surface area (Å²) in [6.45, 7) is 4.71. The zero-order valence-electron chi connectivity index (χ0n) is 14.1. The van der Waals surface area contributed by atoms with Crippen molar-refractivity contribution in [2.75, 3.05) is 13.1 Å². The molecule has 0 unspecified atom stereocenters. The summed E-state index contributed by atoms with van der Waals surface area (Å²) in [7, 11) is 0. The number of benzene rings is 1. The molecular formula is C17H17F4N3O2. The SMILES string of the molecule is CC(=O)c1cnc(C(F)(F)F)nc1.Cc1ccc(OC2CNC2)c(F)c1. The van der Waals surface area contributed by atoms with Gasteiger partial charge in [0.15, 0.2) is 17.3 Å². The molecule has 1 saturated heterocycles. The molecule has 0 spiro atoms. The lowest BCUT2D eigenvalue weighted by Gasteiger charge is -2.27. The first kappa shape index (κ1) is 19.8. The van der Waals surface area contributed by atoms with Gasteiger partial charge in [0.2, 0.25) is 5.82 Å². The number of halogens is 4. The number of hydrogen-bond donors (Lipinski definition) is 1. The Morgan fingerprint density at radius 1 is 1.23 bits per heavy atom. The second-order valence-corrected chi connectivity index (χ2v) is 5.68. The third-order valence-corrected chi connectivity index (χ3v) is 3.44. The maximum absolute atomic E-state index is 13.2. The summed E-state index contributed by atoms with van der Waals surface area (Å²) in [5.74, 6) is -1.52. The maximum Gasteiger partial charge on any atom is 0.451 e. The van der Waals surface area contributed by atoms with Gasteiger partial charge in [0.25, 0.3) is 0 Å². The van der Waals surface area contributed by atoms with Crippen molar-refractivity contribution in [2.24, 2.45) is 0 Å². The number of carbonyl (C=O) groups excluding carboxylic acids is 1. The van der Waals surface area contributed by atoms with Crippen LogP contribution in [0.3, 0.4) is 0 Å². The number of ketones is 1. The van der Waals surface area contributed by atoms with Crippen LogP contribution in [0.2, 0.25) is 0 Å². The van der Waals surface area contributed by atoms with E-state index in [1.807, 2.05) is 13.0 Å². The number of alkyl halides is 3. The second-order valence-electron chi connectivity index (χ2n) is 5.68. The Balaban J connectivity index is 0.000000187. The first-order chi connectivity index (χ1) is 12.2. The summed E-state index contributed by atoms with van der Waals surface area (Å²) >= 11 is 0. The number of hydrogen-bond acceptors (Lipinski definition) is 5. The van der Waals surface area contributed by atoms with Gasteiger partial charge in [-0.3, -0.25) is 4.79 Å². The maximum atomic E-state index is 13.2. The van der Waals surface area contributed by atoms with Gasteiger partial charge >= 0.3 is 6.18 Å². The van der Waals surface area contributed by atoms with Crippen LogP contribution in [0.15, 0.2) is 30.6 Å².